The van der Waals surface area contributed by atoms with E-state index in [1.165, 1.54) is 5.39 Å². The van der Waals surface area contributed by atoms with Crippen LogP contribution in [0.1, 0.15) is 0 Å². The molecule has 0 amide bonds. The number of hydrogen-bond donors (Lipinski definition) is 0. The van der Waals surface area contributed by atoms with E-state index >= 15 is 0 Å². The van der Waals surface area contributed by atoms with Crippen LogP contribution < -0.4 is 10.6 Å². The number of benzene rings is 2. The summed E-state index contributed by atoms with van der Waals surface area (Å²) in [7, 11) is 0. The Morgan fingerprint density at radius 2 is 1.31 bits per heavy atom. The zero-order valence-corrected chi connectivity index (χ0v) is 16.6. The van der Waals surface area contributed by atoms with Crippen LogP contribution in [0.15, 0.2) is 36.4 Å². The number of hydrogen-bond acceptors (Lipinski definition) is 0. The van der Waals surface area contributed by atoms with E-state index in [1.54, 1.807) is 16.0 Å². The van der Waals surface area contributed by atoms with Crippen LogP contribution in [-0.2, 0) is 0 Å². The zero-order valence-electron chi connectivity index (χ0n) is 7.99. The third-order valence-electron chi connectivity index (χ3n) is 2.88. The molecule has 0 saturated carbocycles. The molecule has 3 aliphatic heterocycles. The molecule has 1 saturated heterocycles. The van der Waals surface area contributed by atoms with Gasteiger partial charge in [0.25, 0.3) is 0 Å². The standard InChI is InChI=1S/C10H6P2Se4/c13-11-8-5-1-3-7-4-2-6-9(10(7)8)12(14,15-11)16-11/h1-6H. The molecule has 0 aromatic heterocycles. The Kier molecular flexibility index (Phi) is 2.58. The van der Waals surface area contributed by atoms with Gasteiger partial charge in [-0.2, -0.15) is 0 Å². The predicted molar refractivity (Wildman–Crippen MR) is 80.1 cm³/mol. The van der Waals surface area contributed by atoms with Crippen LogP contribution >= 0.6 is 5.78 Å². The molecular formula is C10H6P2Se4. The van der Waals surface area contributed by atoms with Crippen molar-refractivity contribution in [3.63, 3.8) is 0 Å². The Labute approximate surface area is 121 Å². The molecule has 2 aromatic rings. The van der Waals surface area contributed by atoms with Gasteiger partial charge in [0.2, 0.25) is 0 Å². The van der Waals surface area contributed by atoms with E-state index in [0.29, 0.717) is 0 Å². The molecule has 0 N–H and O–H groups in total. The van der Waals surface area contributed by atoms with Crippen molar-refractivity contribution >= 4 is 85.5 Å². The van der Waals surface area contributed by atoms with Gasteiger partial charge in [-0.25, -0.2) is 0 Å². The van der Waals surface area contributed by atoms with Crippen molar-refractivity contribution in [3.8, 4) is 0 Å². The summed E-state index contributed by atoms with van der Waals surface area (Å²) in [5.74, 6) is 0. The normalized spacial score (nSPS) is 34.8. The first-order valence-electron chi connectivity index (χ1n) is 4.78. The van der Waals surface area contributed by atoms with Gasteiger partial charge in [-0.1, -0.05) is 0 Å². The van der Waals surface area contributed by atoms with Crippen LogP contribution in [0.4, 0.5) is 0 Å². The molecule has 0 radical (unpaired) electrons. The summed E-state index contributed by atoms with van der Waals surface area (Å²) in [5, 5.41) is 6.49. The summed E-state index contributed by atoms with van der Waals surface area (Å²) in [5.41, 5.74) is 0. The fourth-order valence-corrected chi connectivity index (χ4v) is 163. The molecule has 3 heterocycles. The summed E-state index contributed by atoms with van der Waals surface area (Å²) >= 11 is 8.97. The molecule has 0 spiro atoms. The van der Waals surface area contributed by atoms with Crippen LogP contribution in [-0.4, -0.2) is 58.3 Å². The molecule has 80 valence electrons. The monoisotopic (exact) mass is 508 g/mol. The predicted octanol–water partition coefficient (Wildman–Crippen LogP) is 1.39. The van der Waals surface area contributed by atoms with Gasteiger partial charge in [0.1, 0.15) is 0 Å². The second kappa shape index (κ2) is 3.60. The molecule has 6 heteroatoms. The third kappa shape index (κ3) is 1.36. The van der Waals surface area contributed by atoms with E-state index in [0.717, 1.165) is 28.1 Å². The van der Waals surface area contributed by atoms with Crippen molar-refractivity contribution in [2.24, 2.45) is 0 Å². The van der Waals surface area contributed by atoms with Crippen LogP contribution in [0.25, 0.3) is 10.8 Å². The maximum atomic E-state index is 3.62. The maximum absolute atomic E-state index is 3.62. The van der Waals surface area contributed by atoms with Gasteiger partial charge < -0.3 is 0 Å². The minimum atomic E-state index is -0.749. The van der Waals surface area contributed by atoms with E-state index in [1.807, 2.05) is 0 Å². The molecule has 0 nitrogen and oxygen atoms in total. The molecule has 16 heavy (non-hydrogen) atoms. The van der Waals surface area contributed by atoms with E-state index < -0.39 is 5.78 Å². The molecule has 5 rings (SSSR count). The van der Waals surface area contributed by atoms with Crippen molar-refractivity contribution in [1.82, 2.24) is 0 Å². The van der Waals surface area contributed by atoms with Crippen molar-refractivity contribution < 1.29 is 0 Å². The second-order valence-corrected chi connectivity index (χ2v) is 56.0. The first-order chi connectivity index (χ1) is 7.62. The molecule has 0 unspecified atom stereocenters. The minimum absolute atomic E-state index is 0.749. The Morgan fingerprint density at radius 3 is 1.81 bits per heavy atom. The van der Waals surface area contributed by atoms with Crippen LogP contribution in [0, 0.1) is 0 Å². The van der Waals surface area contributed by atoms with Gasteiger partial charge >= 0.3 is 122 Å². The molecular weight excluding hydrogens is 498 g/mol. The van der Waals surface area contributed by atoms with E-state index in [9.17, 15) is 0 Å². The summed E-state index contributed by atoms with van der Waals surface area (Å²) in [4.78, 5) is 0. The van der Waals surface area contributed by atoms with Gasteiger partial charge in [-0.05, 0) is 0 Å². The second-order valence-electron chi connectivity index (χ2n) is 3.81. The Balaban J connectivity index is 2.33. The van der Waals surface area contributed by atoms with Gasteiger partial charge in [0.05, 0.1) is 0 Å². The van der Waals surface area contributed by atoms with E-state index in [4.69, 9.17) is 0 Å². The first-order valence-corrected chi connectivity index (χ1v) is 21.7. The summed E-state index contributed by atoms with van der Waals surface area (Å²) < 4.78 is -1.50. The fraction of sp³-hybridized carbons (Fsp3) is 0. The van der Waals surface area contributed by atoms with E-state index in [2.05, 4.69) is 66.6 Å². The van der Waals surface area contributed by atoms with Crippen molar-refractivity contribution in [2.45, 2.75) is 0 Å². The van der Waals surface area contributed by atoms with Gasteiger partial charge in [0.15, 0.2) is 0 Å². The Morgan fingerprint density at radius 1 is 0.812 bits per heavy atom. The fourth-order valence-electron chi connectivity index (χ4n) is 2.22. The van der Waals surface area contributed by atoms with Crippen LogP contribution in [0.2, 0.25) is 0 Å². The molecule has 1 fully saturated rings. The third-order valence-corrected chi connectivity index (χ3v) is 84.2. The average Bonchev–Trinajstić information content (AvgIpc) is 2.23. The topological polar surface area (TPSA) is 0 Å². The molecule has 0 aliphatic carbocycles. The molecule has 2 aromatic carbocycles. The molecule has 0 atom stereocenters. The Hall–Kier alpha value is 1.64. The van der Waals surface area contributed by atoms with Gasteiger partial charge in [-0.15, -0.1) is 0 Å². The van der Waals surface area contributed by atoms with Gasteiger partial charge in [-0.3, -0.25) is 0 Å². The summed E-state index contributed by atoms with van der Waals surface area (Å²) in [6.07, 6.45) is 0. The average molecular weight is 504 g/mol. The van der Waals surface area contributed by atoms with Crippen molar-refractivity contribution in [2.75, 3.05) is 0 Å². The Bertz CT molecular complexity index is 666. The summed E-state index contributed by atoms with van der Waals surface area (Å²) in [6.45, 7) is 0. The zero-order chi connectivity index (χ0) is 11.0. The van der Waals surface area contributed by atoms with Crippen LogP contribution in [0.5, 0.6) is 0 Å². The summed E-state index contributed by atoms with van der Waals surface area (Å²) in [6, 6.07) is 13.8. The van der Waals surface area contributed by atoms with Crippen molar-refractivity contribution in [3.05, 3.63) is 36.4 Å². The van der Waals surface area contributed by atoms with Crippen LogP contribution in [0.3, 0.4) is 0 Å². The van der Waals surface area contributed by atoms with Gasteiger partial charge in [0, 0.05) is 0 Å². The first kappa shape index (κ1) is 11.5. The molecule has 3 aliphatic rings. The van der Waals surface area contributed by atoms with E-state index in [-0.39, 0.29) is 0 Å². The SMILES string of the molecule is [Se]=P12[Se]P(=[Se])([Se]1)c1cccc3cccc2c13. The molecule has 2 bridgehead atoms. The van der Waals surface area contributed by atoms with Crippen molar-refractivity contribution in [1.29, 1.82) is 0 Å². The quantitative estimate of drug-likeness (QED) is 0.377. The number of rotatable bonds is 0.